The summed E-state index contributed by atoms with van der Waals surface area (Å²) in [4.78, 5) is 14.0. The maximum absolute atomic E-state index is 11.5. The molecule has 1 aliphatic carbocycles. The fraction of sp³-hybridized carbons (Fsp3) is 0.929. The summed E-state index contributed by atoms with van der Waals surface area (Å²) in [6, 6.07) is 0.535. The predicted molar refractivity (Wildman–Crippen MR) is 73.2 cm³/mol. The second kappa shape index (κ2) is 6.53. The number of amides is 1. The van der Waals surface area contributed by atoms with Crippen molar-refractivity contribution in [2.75, 3.05) is 19.6 Å². The Bertz CT molecular complexity index is 282. The zero-order chi connectivity index (χ0) is 13.0. The lowest BCUT2D eigenvalue weighted by molar-refractivity contribution is -0.120. The predicted octanol–water partition coefficient (Wildman–Crippen LogP) is 1.10. The Labute approximate surface area is 110 Å². The zero-order valence-corrected chi connectivity index (χ0v) is 11.5. The van der Waals surface area contributed by atoms with Crippen molar-refractivity contribution in [1.82, 2.24) is 10.2 Å². The van der Waals surface area contributed by atoms with Crippen LogP contribution in [0, 0.1) is 5.92 Å². The number of carbonyl (C=O) groups is 1. The molecule has 2 rings (SSSR count). The van der Waals surface area contributed by atoms with Crippen LogP contribution >= 0.6 is 0 Å². The number of primary amides is 1. The number of nitrogens with zero attached hydrogens (tertiary/aromatic N) is 1. The van der Waals surface area contributed by atoms with E-state index in [0.717, 1.165) is 32.0 Å². The van der Waals surface area contributed by atoms with Crippen molar-refractivity contribution in [2.45, 2.75) is 57.5 Å². The maximum atomic E-state index is 11.5. The molecule has 3 unspecified atom stereocenters. The summed E-state index contributed by atoms with van der Waals surface area (Å²) >= 11 is 0. The summed E-state index contributed by atoms with van der Waals surface area (Å²) in [5, 5.41) is 3.28. The number of fused-ring (bicyclic) bond motifs is 1. The quantitative estimate of drug-likeness (QED) is 0.745. The number of likely N-dealkylation sites (tertiary alicyclic amines) is 1. The minimum Gasteiger partial charge on any atom is -0.368 e. The fourth-order valence-electron chi connectivity index (χ4n) is 3.59. The maximum Gasteiger partial charge on any atom is 0.235 e. The van der Waals surface area contributed by atoms with Crippen molar-refractivity contribution in [3.63, 3.8) is 0 Å². The lowest BCUT2D eigenvalue weighted by atomic mass is 9.91. The molecule has 0 aromatic carbocycles. The first-order valence-electron chi connectivity index (χ1n) is 7.49. The van der Waals surface area contributed by atoms with Crippen LogP contribution in [0.4, 0.5) is 0 Å². The first-order chi connectivity index (χ1) is 8.72. The van der Waals surface area contributed by atoms with E-state index in [2.05, 4.69) is 17.1 Å². The van der Waals surface area contributed by atoms with E-state index in [1.165, 1.54) is 32.1 Å². The molecule has 0 aromatic rings. The molecule has 2 fully saturated rings. The van der Waals surface area contributed by atoms with Crippen molar-refractivity contribution >= 4 is 5.91 Å². The number of nitrogens with two attached hydrogens (primary N) is 1. The van der Waals surface area contributed by atoms with E-state index in [1.807, 2.05) is 0 Å². The number of carbonyl (C=O) groups excluding carboxylic acids is 1. The van der Waals surface area contributed by atoms with E-state index in [1.54, 1.807) is 0 Å². The molecule has 104 valence electrons. The van der Waals surface area contributed by atoms with Gasteiger partial charge in [0.05, 0.1) is 6.04 Å². The topological polar surface area (TPSA) is 58.4 Å². The molecule has 3 atom stereocenters. The third-order valence-electron chi connectivity index (χ3n) is 4.51. The molecule has 0 bridgehead atoms. The van der Waals surface area contributed by atoms with Gasteiger partial charge in [-0.1, -0.05) is 13.3 Å². The summed E-state index contributed by atoms with van der Waals surface area (Å²) in [6.45, 7) is 4.92. The Balaban J connectivity index is 1.90. The standard InChI is InChI=1S/C14H27N3O/c1-2-8-16-12(14(15)18)10-17-9-4-6-11-5-3-7-13(11)17/h11-13,16H,2-10H2,1H3,(H2,15,18). The summed E-state index contributed by atoms with van der Waals surface area (Å²) in [6.07, 6.45) is 7.74. The van der Waals surface area contributed by atoms with Crippen LogP contribution in [-0.4, -0.2) is 42.5 Å². The van der Waals surface area contributed by atoms with Crippen LogP contribution in [-0.2, 0) is 4.79 Å². The van der Waals surface area contributed by atoms with Gasteiger partial charge in [-0.05, 0) is 51.1 Å². The Hall–Kier alpha value is -0.610. The number of nitrogens with one attached hydrogen (secondary N) is 1. The van der Waals surface area contributed by atoms with E-state index in [4.69, 9.17) is 5.73 Å². The van der Waals surface area contributed by atoms with Gasteiger partial charge in [-0.3, -0.25) is 9.69 Å². The van der Waals surface area contributed by atoms with Crippen LogP contribution in [0.1, 0.15) is 45.4 Å². The molecule has 18 heavy (non-hydrogen) atoms. The average molecular weight is 253 g/mol. The third kappa shape index (κ3) is 3.23. The van der Waals surface area contributed by atoms with Gasteiger partial charge in [-0.15, -0.1) is 0 Å². The molecular formula is C14H27N3O. The van der Waals surface area contributed by atoms with Gasteiger partial charge in [0.1, 0.15) is 0 Å². The largest absolute Gasteiger partial charge is 0.368 e. The average Bonchev–Trinajstić information content (AvgIpc) is 2.83. The number of hydrogen-bond donors (Lipinski definition) is 2. The summed E-state index contributed by atoms with van der Waals surface area (Å²) in [5.74, 6) is 0.669. The third-order valence-corrected chi connectivity index (χ3v) is 4.51. The van der Waals surface area contributed by atoms with E-state index >= 15 is 0 Å². The molecule has 0 aromatic heterocycles. The highest BCUT2D eigenvalue weighted by Crippen LogP contribution is 2.36. The van der Waals surface area contributed by atoms with E-state index in [0.29, 0.717) is 6.04 Å². The first-order valence-corrected chi connectivity index (χ1v) is 7.49. The van der Waals surface area contributed by atoms with Gasteiger partial charge in [0.15, 0.2) is 0 Å². The van der Waals surface area contributed by atoms with Crippen LogP contribution in [0.2, 0.25) is 0 Å². The lowest BCUT2D eigenvalue weighted by Crippen LogP contribution is -2.53. The molecule has 0 spiro atoms. The summed E-state index contributed by atoms with van der Waals surface area (Å²) < 4.78 is 0. The SMILES string of the molecule is CCCNC(CN1CCCC2CCCC21)C(N)=O. The lowest BCUT2D eigenvalue weighted by Gasteiger charge is -2.39. The normalized spacial score (nSPS) is 30.1. The fourth-order valence-corrected chi connectivity index (χ4v) is 3.59. The molecule has 3 N–H and O–H groups in total. The number of piperidine rings is 1. The minimum absolute atomic E-state index is 0.177. The molecule has 1 aliphatic heterocycles. The number of hydrogen-bond acceptors (Lipinski definition) is 3. The van der Waals surface area contributed by atoms with Crippen molar-refractivity contribution in [2.24, 2.45) is 11.7 Å². The highest BCUT2D eigenvalue weighted by Gasteiger charge is 2.36. The molecule has 2 aliphatic rings. The molecular weight excluding hydrogens is 226 g/mol. The van der Waals surface area contributed by atoms with Crippen LogP contribution in [0.15, 0.2) is 0 Å². The van der Waals surface area contributed by atoms with Gasteiger partial charge in [0.2, 0.25) is 5.91 Å². The summed E-state index contributed by atoms with van der Waals surface area (Å²) in [5.41, 5.74) is 5.50. The van der Waals surface area contributed by atoms with Crippen LogP contribution in [0.3, 0.4) is 0 Å². The Morgan fingerprint density at radius 3 is 2.89 bits per heavy atom. The van der Waals surface area contributed by atoms with Crippen molar-refractivity contribution in [1.29, 1.82) is 0 Å². The number of rotatable bonds is 6. The molecule has 4 nitrogen and oxygen atoms in total. The van der Waals surface area contributed by atoms with Gasteiger partial charge < -0.3 is 11.1 Å². The van der Waals surface area contributed by atoms with E-state index in [9.17, 15) is 4.79 Å². The van der Waals surface area contributed by atoms with Crippen molar-refractivity contribution in [3.05, 3.63) is 0 Å². The Morgan fingerprint density at radius 2 is 2.17 bits per heavy atom. The highest BCUT2D eigenvalue weighted by atomic mass is 16.1. The van der Waals surface area contributed by atoms with E-state index in [-0.39, 0.29) is 11.9 Å². The highest BCUT2D eigenvalue weighted by molar-refractivity contribution is 5.80. The molecule has 0 radical (unpaired) electrons. The van der Waals surface area contributed by atoms with Gasteiger partial charge in [-0.25, -0.2) is 0 Å². The van der Waals surface area contributed by atoms with Gasteiger partial charge in [0.25, 0.3) is 0 Å². The van der Waals surface area contributed by atoms with Crippen LogP contribution < -0.4 is 11.1 Å². The van der Waals surface area contributed by atoms with Crippen LogP contribution in [0.25, 0.3) is 0 Å². The summed E-state index contributed by atoms with van der Waals surface area (Å²) in [7, 11) is 0. The van der Waals surface area contributed by atoms with Crippen LogP contribution in [0.5, 0.6) is 0 Å². The van der Waals surface area contributed by atoms with Gasteiger partial charge in [-0.2, -0.15) is 0 Å². The second-order valence-corrected chi connectivity index (χ2v) is 5.80. The molecule has 1 saturated carbocycles. The second-order valence-electron chi connectivity index (χ2n) is 5.80. The molecule has 4 heteroatoms. The van der Waals surface area contributed by atoms with Gasteiger partial charge >= 0.3 is 0 Å². The van der Waals surface area contributed by atoms with Crippen molar-refractivity contribution in [3.8, 4) is 0 Å². The Kier molecular flexibility index (Phi) is 5.01. The van der Waals surface area contributed by atoms with Gasteiger partial charge in [0, 0.05) is 12.6 Å². The Morgan fingerprint density at radius 1 is 1.39 bits per heavy atom. The molecule has 1 amide bonds. The molecule has 1 heterocycles. The van der Waals surface area contributed by atoms with Crippen molar-refractivity contribution < 1.29 is 4.79 Å². The first kappa shape index (κ1) is 13.8. The zero-order valence-electron chi connectivity index (χ0n) is 11.5. The van der Waals surface area contributed by atoms with E-state index < -0.39 is 0 Å². The minimum atomic E-state index is -0.205. The monoisotopic (exact) mass is 253 g/mol. The molecule has 1 saturated heterocycles. The smallest absolute Gasteiger partial charge is 0.235 e.